The Morgan fingerprint density at radius 1 is 0.769 bits per heavy atom. The van der Waals surface area contributed by atoms with Crippen LogP contribution in [0.3, 0.4) is 0 Å². The quantitative estimate of drug-likeness (QED) is 0.139. The van der Waals surface area contributed by atoms with Crippen LogP contribution in [0.1, 0.15) is 32.6 Å². The standard InChI is InChI=1S/C40H31F3N4O5/c1-25-5-9-28(10-6-25)29-13-15-31(16-14-29)38-45-37(46-52-38)30-11-7-26(8-12-30)23-47(24-36(49)50)39(51)32-17-19-34(20-18-32)44-35(48)22-27-3-2-4-33(21-27)40(41,42)43/h2-21H,22-24H2,1H3,(H,44,48)(H,49,50). The summed E-state index contributed by atoms with van der Waals surface area (Å²) in [5, 5.41) is 16.2. The first-order valence-corrected chi connectivity index (χ1v) is 16.1. The van der Waals surface area contributed by atoms with Gasteiger partial charge in [-0.2, -0.15) is 18.2 Å². The Morgan fingerprint density at radius 3 is 2.02 bits per heavy atom. The molecule has 0 atom stereocenters. The number of anilines is 1. The lowest BCUT2D eigenvalue weighted by Crippen LogP contribution is -2.35. The van der Waals surface area contributed by atoms with Crippen molar-refractivity contribution in [2.75, 3.05) is 11.9 Å². The van der Waals surface area contributed by atoms with Crippen molar-refractivity contribution < 1.29 is 37.2 Å². The van der Waals surface area contributed by atoms with Gasteiger partial charge in [0.1, 0.15) is 6.54 Å². The van der Waals surface area contributed by atoms with Crippen molar-refractivity contribution in [1.82, 2.24) is 15.0 Å². The fourth-order valence-corrected chi connectivity index (χ4v) is 5.48. The summed E-state index contributed by atoms with van der Waals surface area (Å²) in [4.78, 5) is 43.2. The number of hydrogen-bond donors (Lipinski definition) is 2. The van der Waals surface area contributed by atoms with E-state index in [1.165, 1.54) is 46.9 Å². The maximum Gasteiger partial charge on any atom is 0.416 e. The molecule has 1 aromatic heterocycles. The molecule has 2 amide bonds. The third-order valence-electron chi connectivity index (χ3n) is 8.18. The van der Waals surface area contributed by atoms with Crippen molar-refractivity contribution in [3.63, 3.8) is 0 Å². The van der Waals surface area contributed by atoms with E-state index in [2.05, 4.69) is 39.7 Å². The molecule has 0 aliphatic carbocycles. The highest BCUT2D eigenvalue weighted by Crippen LogP contribution is 2.30. The molecule has 0 aliphatic heterocycles. The average Bonchev–Trinajstić information content (AvgIpc) is 3.62. The molecule has 0 radical (unpaired) electrons. The van der Waals surface area contributed by atoms with Gasteiger partial charge in [-0.3, -0.25) is 14.4 Å². The van der Waals surface area contributed by atoms with E-state index in [0.717, 1.165) is 28.8 Å². The molecule has 0 saturated heterocycles. The van der Waals surface area contributed by atoms with Gasteiger partial charge in [0.15, 0.2) is 0 Å². The van der Waals surface area contributed by atoms with E-state index in [4.69, 9.17) is 4.52 Å². The molecule has 5 aromatic carbocycles. The number of nitrogens with zero attached hydrogens (tertiary/aromatic N) is 3. The van der Waals surface area contributed by atoms with Gasteiger partial charge in [-0.15, -0.1) is 0 Å². The lowest BCUT2D eigenvalue weighted by Gasteiger charge is -2.21. The van der Waals surface area contributed by atoms with Crippen molar-refractivity contribution in [2.24, 2.45) is 0 Å². The SMILES string of the molecule is Cc1ccc(-c2ccc(-c3nc(-c4ccc(CN(CC(=O)O)C(=O)c5ccc(NC(=O)Cc6cccc(C(F)(F)F)c6)cc5)cc4)no3)cc2)cc1. The number of carbonyl (C=O) groups is 3. The minimum Gasteiger partial charge on any atom is -0.480 e. The van der Waals surface area contributed by atoms with Crippen molar-refractivity contribution >= 4 is 23.5 Å². The van der Waals surface area contributed by atoms with Crippen LogP contribution in [-0.2, 0) is 28.7 Å². The first-order chi connectivity index (χ1) is 24.9. The summed E-state index contributed by atoms with van der Waals surface area (Å²) in [6.45, 7) is 1.47. The first-order valence-electron chi connectivity index (χ1n) is 16.1. The van der Waals surface area contributed by atoms with Gasteiger partial charge >= 0.3 is 12.1 Å². The first kappa shape index (κ1) is 35.3. The normalized spacial score (nSPS) is 11.2. The van der Waals surface area contributed by atoms with Crippen LogP contribution in [0, 0.1) is 6.92 Å². The zero-order valence-corrected chi connectivity index (χ0v) is 27.7. The summed E-state index contributed by atoms with van der Waals surface area (Å²) in [7, 11) is 0. The molecule has 1 heterocycles. The Hall–Kier alpha value is -6.56. The highest BCUT2D eigenvalue weighted by molar-refractivity contribution is 5.97. The molecule has 9 nitrogen and oxygen atoms in total. The summed E-state index contributed by atoms with van der Waals surface area (Å²) in [6.07, 6.45) is -4.81. The van der Waals surface area contributed by atoms with Crippen LogP contribution in [0.4, 0.5) is 18.9 Å². The number of carboxylic acids is 1. The van der Waals surface area contributed by atoms with E-state index in [1.807, 2.05) is 31.2 Å². The second kappa shape index (κ2) is 15.1. The van der Waals surface area contributed by atoms with E-state index in [-0.39, 0.29) is 24.1 Å². The topological polar surface area (TPSA) is 126 Å². The molecule has 12 heteroatoms. The molecular weight excluding hydrogens is 673 g/mol. The zero-order chi connectivity index (χ0) is 36.8. The molecule has 2 N–H and O–H groups in total. The van der Waals surface area contributed by atoms with Gasteiger partial charge in [0.05, 0.1) is 12.0 Å². The van der Waals surface area contributed by atoms with Crippen molar-refractivity contribution in [3.8, 4) is 34.0 Å². The van der Waals surface area contributed by atoms with Crippen LogP contribution in [0.2, 0.25) is 0 Å². The number of rotatable bonds is 11. The van der Waals surface area contributed by atoms with Gasteiger partial charge in [0, 0.05) is 28.9 Å². The van der Waals surface area contributed by atoms with Crippen LogP contribution in [0.15, 0.2) is 126 Å². The Labute approximate surface area is 296 Å². The highest BCUT2D eigenvalue weighted by atomic mass is 19.4. The molecule has 6 rings (SSSR count). The van der Waals surface area contributed by atoms with Crippen LogP contribution in [0.25, 0.3) is 34.0 Å². The third-order valence-corrected chi connectivity index (χ3v) is 8.18. The minimum absolute atomic E-state index is 0.00822. The van der Waals surface area contributed by atoms with Gasteiger partial charge in [-0.05, 0) is 71.6 Å². The van der Waals surface area contributed by atoms with Crippen LogP contribution < -0.4 is 5.32 Å². The summed E-state index contributed by atoms with van der Waals surface area (Å²) in [5.74, 6) is -1.57. The van der Waals surface area contributed by atoms with E-state index >= 15 is 0 Å². The lowest BCUT2D eigenvalue weighted by molar-refractivity contribution is -0.138. The number of carbonyl (C=O) groups excluding carboxylic acids is 2. The number of aryl methyl sites for hydroxylation is 1. The van der Waals surface area contributed by atoms with E-state index < -0.39 is 36.1 Å². The number of aliphatic carboxylic acids is 1. The second-order valence-corrected chi connectivity index (χ2v) is 12.1. The molecule has 262 valence electrons. The molecule has 0 unspecified atom stereocenters. The molecule has 6 aromatic rings. The van der Waals surface area contributed by atoms with Crippen molar-refractivity contribution in [2.45, 2.75) is 26.1 Å². The van der Waals surface area contributed by atoms with Gasteiger partial charge in [-0.25, -0.2) is 0 Å². The largest absolute Gasteiger partial charge is 0.480 e. The van der Waals surface area contributed by atoms with Crippen LogP contribution in [0.5, 0.6) is 0 Å². The fourth-order valence-electron chi connectivity index (χ4n) is 5.48. The number of alkyl halides is 3. The molecule has 0 fully saturated rings. The van der Waals surface area contributed by atoms with E-state index in [0.29, 0.717) is 28.5 Å². The Balaban J connectivity index is 1.08. The number of amides is 2. The predicted octanol–water partition coefficient (Wildman–Crippen LogP) is 8.31. The maximum atomic E-state index is 13.4. The monoisotopic (exact) mass is 704 g/mol. The molecule has 0 spiro atoms. The number of nitrogens with one attached hydrogen (secondary N) is 1. The van der Waals surface area contributed by atoms with Crippen molar-refractivity contribution in [3.05, 3.63) is 149 Å². The average molecular weight is 705 g/mol. The molecule has 0 saturated carbocycles. The van der Waals surface area contributed by atoms with Gasteiger partial charge in [-0.1, -0.05) is 89.6 Å². The number of aromatic nitrogens is 2. The Bertz CT molecular complexity index is 2200. The van der Waals surface area contributed by atoms with Gasteiger partial charge in [0.25, 0.3) is 11.8 Å². The zero-order valence-electron chi connectivity index (χ0n) is 27.7. The fraction of sp³-hybridized carbons (Fsp3) is 0.125. The molecule has 0 bridgehead atoms. The minimum atomic E-state index is -4.52. The van der Waals surface area contributed by atoms with Gasteiger partial charge in [0.2, 0.25) is 11.7 Å². The van der Waals surface area contributed by atoms with E-state index in [1.54, 1.807) is 24.3 Å². The number of halogens is 3. The smallest absolute Gasteiger partial charge is 0.416 e. The molecule has 0 aliphatic rings. The Kier molecular flexibility index (Phi) is 10.3. The van der Waals surface area contributed by atoms with E-state index in [9.17, 15) is 32.7 Å². The van der Waals surface area contributed by atoms with Crippen LogP contribution in [-0.4, -0.2) is 44.5 Å². The maximum absolute atomic E-state index is 13.4. The summed E-state index contributed by atoms with van der Waals surface area (Å²) >= 11 is 0. The summed E-state index contributed by atoms with van der Waals surface area (Å²) < 4.78 is 44.6. The predicted molar refractivity (Wildman–Crippen MR) is 188 cm³/mol. The highest BCUT2D eigenvalue weighted by Gasteiger charge is 2.30. The lowest BCUT2D eigenvalue weighted by atomic mass is 10.0. The van der Waals surface area contributed by atoms with Crippen LogP contribution >= 0.6 is 0 Å². The number of benzene rings is 5. The molecular formula is C40H31F3N4O5. The molecule has 52 heavy (non-hydrogen) atoms. The second-order valence-electron chi connectivity index (χ2n) is 12.1. The number of carboxylic acid groups (broad SMARTS) is 1. The van der Waals surface area contributed by atoms with Gasteiger partial charge < -0.3 is 19.8 Å². The van der Waals surface area contributed by atoms with Crippen molar-refractivity contribution in [1.29, 1.82) is 0 Å². The summed E-state index contributed by atoms with van der Waals surface area (Å²) in [5.41, 5.74) is 5.28. The summed E-state index contributed by atoms with van der Waals surface area (Å²) in [6, 6.07) is 33.4. The Morgan fingerprint density at radius 2 is 1.38 bits per heavy atom. The number of hydrogen-bond acceptors (Lipinski definition) is 6. The third kappa shape index (κ3) is 8.77.